The Kier molecular flexibility index (Phi) is 2.10. The third kappa shape index (κ3) is 1.58. The van der Waals surface area contributed by atoms with Gasteiger partial charge in [0.05, 0.1) is 12.5 Å². The molecule has 5 nitrogen and oxygen atoms in total. The highest BCUT2D eigenvalue weighted by Gasteiger charge is 2.14. The van der Waals surface area contributed by atoms with Gasteiger partial charge in [-0.15, -0.1) is 0 Å². The molecule has 68 valence electrons. The van der Waals surface area contributed by atoms with Crippen LogP contribution < -0.4 is 4.31 Å². The van der Waals surface area contributed by atoms with Gasteiger partial charge in [-0.25, -0.2) is 8.42 Å². The van der Waals surface area contributed by atoms with Crippen molar-refractivity contribution in [2.45, 2.75) is 6.92 Å². The summed E-state index contributed by atoms with van der Waals surface area (Å²) in [7, 11) is -1.70. The summed E-state index contributed by atoms with van der Waals surface area (Å²) in [6, 6.07) is 0. The Morgan fingerprint density at radius 1 is 1.58 bits per heavy atom. The molecule has 12 heavy (non-hydrogen) atoms. The summed E-state index contributed by atoms with van der Waals surface area (Å²) in [5.41, 5.74) is 0.808. The number of aryl methyl sites for hydroxylation is 1. The maximum absolute atomic E-state index is 11.1. The lowest BCUT2D eigenvalue weighted by Gasteiger charge is -2.14. The van der Waals surface area contributed by atoms with E-state index >= 15 is 0 Å². The van der Waals surface area contributed by atoms with Crippen LogP contribution in [0.4, 0.5) is 5.82 Å². The number of aromatic nitrogens is 2. The third-order valence-corrected chi connectivity index (χ3v) is 2.79. The van der Waals surface area contributed by atoms with Crippen molar-refractivity contribution in [2.75, 3.05) is 17.6 Å². The Hall–Kier alpha value is -1.04. The number of anilines is 1. The number of aromatic amines is 1. The van der Waals surface area contributed by atoms with E-state index in [1.807, 2.05) is 0 Å². The van der Waals surface area contributed by atoms with Crippen molar-refractivity contribution in [3.63, 3.8) is 0 Å². The van der Waals surface area contributed by atoms with Gasteiger partial charge in [-0.3, -0.25) is 9.40 Å². The molecule has 0 atom stereocenters. The SMILES string of the molecule is Cc1cn[nH]c1N(C)S(C)(=O)=O. The minimum Gasteiger partial charge on any atom is -0.262 e. The summed E-state index contributed by atoms with van der Waals surface area (Å²) < 4.78 is 23.3. The lowest BCUT2D eigenvalue weighted by molar-refractivity contribution is 0.599. The molecule has 0 aliphatic heterocycles. The first-order valence-electron chi connectivity index (χ1n) is 3.37. The molecule has 0 amide bonds. The van der Waals surface area contributed by atoms with Gasteiger partial charge in [0.2, 0.25) is 10.0 Å². The first-order chi connectivity index (χ1) is 5.43. The second-order valence-electron chi connectivity index (χ2n) is 2.63. The van der Waals surface area contributed by atoms with Crippen LogP contribution in [0.1, 0.15) is 5.56 Å². The zero-order chi connectivity index (χ0) is 9.35. The molecule has 1 N–H and O–H groups in total. The predicted octanol–water partition coefficient (Wildman–Crippen LogP) is 0.114. The number of rotatable bonds is 2. The maximum Gasteiger partial charge on any atom is 0.233 e. The molecule has 1 aromatic heterocycles. The molecule has 6 heteroatoms. The van der Waals surface area contributed by atoms with Crippen LogP contribution >= 0.6 is 0 Å². The van der Waals surface area contributed by atoms with Crippen molar-refractivity contribution in [1.29, 1.82) is 0 Å². The molecule has 0 unspecified atom stereocenters. The minimum atomic E-state index is -3.19. The molecule has 0 aromatic carbocycles. The van der Waals surface area contributed by atoms with Crippen molar-refractivity contribution in [3.05, 3.63) is 11.8 Å². The fourth-order valence-electron chi connectivity index (χ4n) is 0.824. The quantitative estimate of drug-likeness (QED) is 0.718. The van der Waals surface area contributed by atoms with E-state index in [1.165, 1.54) is 7.05 Å². The van der Waals surface area contributed by atoms with Gasteiger partial charge in [-0.05, 0) is 6.92 Å². The fraction of sp³-hybridized carbons (Fsp3) is 0.500. The number of sulfonamides is 1. The first kappa shape index (κ1) is 9.05. The second-order valence-corrected chi connectivity index (χ2v) is 4.65. The Morgan fingerprint density at radius 2 is 2.17 bits per heavy atom. The van der Waals surface area contributed by atoms with E-state index in [0.29, 0.717) is 5.82 Å². The molecule has 0 bridgehead atoms. The summed E-state index contributed by atoms with van der Waals surface area (Å²) in [6.07, 6.45) is 2.73. The molecule has 0 radical (unpaired) electrons. The number of nitrogens with one attached hydrogen (secondary N) is 1. The van der Waals surface area contributed by atoms with Crippen LogP contribution in [0, 0.1) is 6.92 Å². The van der Waals surface area contributed by atoms with E-state index in [-0.39, 0.29) is 0 Å². The largest absolute Gasteiger partial charge is 0.262 e. The molecule has 0 fully saturated rings. The Balaban J connectivity index is 3.09. The fourth-order valence-corrected chi connectivity index (χ4v) is 1.34. The minimum absolute atomic E-state index is 0.512. The van der Waals surface area contributed by atoms with Crippen LogP contribution in [-0.2, 0) is 10.0 Å². The summed E-state index contributed by atoms with van der Waals surface area (Å²) in [4.78, 5) is 0. The van der Waals surface area contributed by atoms with Crippen molar-refractivity contribution in [1.82, 2.24) is 10.2 Å². The van der Waals surface area contributed by atoms with Crippen LogP contribution in [-0.4, -0.2) is 31.9 Å². The number of hydrogen-bond acceptors (Lipinski definition) is 3. The van der Waals surface area contributed by atoms with Crippen LogP contribution in [0.2, 0.25) is 0 Å². The molecular formula is C6H11N3O2S. The Morgan fingerprint density at radius 3 is 2.50 bits per heavy atom. The van der Waals surface area contributed by atoms with Gasteiger partial charge >= 0.3 is 0 Å². The lowest BCUT2D eigenvalue weighted by atomic mass is 10.4. The van der Waals surface area contributed by atoms with Gasteiger partial charge in [0, 0.05) is 12.6 Å². The van der Waals surface area contributed by atoms with Crippen molar-refractivity contribution >= 4 is 15.8 Å². The standard InChI is InChI=1S/C6H11N3O2S/c1-5-4-7-8-6(5)9(2)12(3,10)11/h4H,1-3H3,(H,7,8). The molecule has 0 spiro atoms. The summed E-state index contributed by atoms with van der Waals surface area (Å²) in [6.45, 7) is 1.79. The van der Waals surface area contributed by atoms with Crippen molar-refractivity contribution in [3.8, 4) is 0 Å². The summed E-state index contributed by atoms with van der Waals surface area (Å²) >= 11 is 0. The van der Waals surface area contributed by atoms with Gasteiger partial charge in [-0.2, -0.15) is 5.10 Å². The van der Waals surface area contributed by atoms with Gasteiger partial charge in [0.25, 0.3) is 0 Å². The molecule has 0 aliphatic carbocycles. The monoisotopic (exact) mass is 189 g/mol. The number of hydrogen-bond donors (Lipinski definition) is 1. The van der Waals surface area contributed by atoms with Gasteiger partial charge < -0.3 is 0 Å². The van der Waals surface area contributed by atoms with Crippen LogP contribution in [0.25, 0.3) is 0 Å². The molecule has 0 saturated heterocycles. The van der Waals surface area contributed by atoms with E-state index in [9.17, 15) is 8.42 Å². The predicted molar refractivity (Wildman–Crippen MR) is 46.6 cm³/mol. The van der Waals surface area contributed by atoms with Crippen LogP contribution in [0.5, 0.6) is 0 Å². The molecule has 0 aliphatic rings. The zero-order valence-corrected chi connectivity index (χ0v) is 8.01. The van der Waals surface area contributed by atoms with Crippen molar-refractivity contribution < 1.29 is 8.42 Å². The Bertz CT molecular complexity index is 368. The highest BCUT2D eigenvalue weighted by atomic mass is 32.2. The summed E-state index contributed by atoms with van der Waals surface area (Å²) in [5.74, 6) is 0.512. The average Bonchev–Trinajstić information content (AvgIpc) is 2.31. The second kappa shape index (κ2) is 2.78. The molecule has 1 rings (SSSR count). The zero-order valence-electron chi connectivity index (χ0n) is 7.20. The third-order valence-electron chi connectivity index (χ3n) is 1.61. The Labute approximate surface area is 71.4 Å². The maximum atomic E-state index is 11.1. The van der Waals surface area contributed by atoms with Gasteiger partial charge in [0.1, 0.15) is 5.82 Å². The van der Waals surface area contributed by atoms with Gasteiger partial charge in [0.15, 0.2) is 0 Å². The lowest BCUT2D eigenvalue weighted by Crippen LogP contribution is -2.25. The number of H-pyrrole nitrogens is 1. The normalized spacial score (nSPS) is 11.6. The average molecular weight is 189 g/mol. The van der Waals surface area contributed by atoms with E-state index in [4.69, 9.17) is 0 Å². The van der Waals surface area contributed by atoms with E-state index < -0.39 is 10.0 Å². The van der Waals surface area contributed by atoms with E-state index in [2.05, 4.69) is 10.2 Å². The summed E-state index contributed by atoms with van der Waals surface area (Å²) in [5, 5.41) is 6.33. The highest BCUT2D eigenvalue weighted by molar-refractivity contribution is 7.92. The highest BCUT2D eigenvalue weighted by Crippen LogP contribution is 2.15. The van der Waals surface area contributed by atoms with E-state index in [1.54, 1.807) is 13.1 Å². The van der Waals surface area contributed by atoms with Crippen LogP contribution in [0.3, 0.4) is 0 Å². The van der Waals surface area contributed by atoms with Crippen LogP contribution in [0.15, 0.2) is 6.20 Å². The molecular weight excluding hydrogens is 178 g/mol. The smallest absolute Gasteiger partial charge is 0.233 e. The van der Waals surface area contributed by atoms with E-state index in [0.717, 1.165) is 16.1 Å². The molecule has 1 aromatic rings. The van der Waals surface area contributed by atoms with Gasteiger partial charge in [-0.1, -0.05) is 0 Å². The molecule has 0 saturated carbocycles. The first-order valence-corrected chi connectivity index (χ1v) is 5.21. The topological polar surface area (TPSA) is 66.1 Å². The van der Waals surface area contributed by atoms with Crippen molar-refractivity contribution in [2.24, 2.45) is 0 Å². The molecule has 1 heterocycles. The number of nitrogens with zero attached hydrogens (tertiary/aromatic N) is 2.